The number of hydrogen-bond acceptors (Lipinski definition) is 3. The number of benzene rings is 2. The molecule has 0 fully saturated rings. The van der Waals surface area contributed by atoms with E-state index in [1.165, 1.54) is 22.9 Å². The summed E-state index contributed by atoms with van der Waals surface area (Å²) in [5, 5.41) is 8.41. The largest absolute Gasteiger partial charge is 0.369 e. The molecule has 4 rings (SSSR count). The zero-order valence-electron chi connectivity index (χ0n) is 18.5. The summed E-state index contributed by atoms with van der Waals surface area (Å²) in [6.45, 7) is 4.82. The molecule has 2 heterocycles. The molecule has 1 atom stereocenters. The Labute approximate surface area is 190 Å². The van der Waals surface area contributed by atoms with Crippen molar-refractivity contribution in [1.82, 2.24) is 19.6 Å². The molecule has 8 heteroatoms. The van der Waals surface area contributed by atoms with E-state index in [2.05, 4.69) is 10.2 Å². The Kier molecular flexibility index (Phi) is 6.93. The van der Waals surface area contributed by atoms with E-state index in [0.29, 0.717) is 36.5 Å². The standard InChI is InChI=1S/C25H25F3N4O/c1-3-31-15-19(14-29-31)11-21-13-23(25(27)28)30-32(21)24-10-9-20(26)12-22(24)17(2)33-16-18-7-5-4-6-8-18/h4-10,12-15,17,25H,3,11,16H2,1-2H3/t17-/m1/s1. The van der Waals surface area contributed by atoms with Gasteiger partial charge in [0.1, 0.15) is 11.5 Å². The van der Waals surface area contributed by atoms with Crippen LogP contribution in [0.25, 0.3) is 5.69 Å². The number of halogens is 3. The SMILES string of the molecule is CCn1cc(Cc2cc(C(F)F)nn2-c2ccc(F)cc2[C@@H](C)OCc2ccccc2)cn1. The van der Waals surface area contributed by atoms with Crippen LogP contribution in [-0.2, 0) is 24.3 Å². The predicted octanol–water partition coefficient (Wildman–Crippen LogP) is 6.03. The zero-order valence-corrected chi connectivity index (χ0v) is 18.5. The molecule has 0 spiro atoms. The molecule has 0 saturated carbocycles. The number of alkyl halides is 2. The monoisotopic (exact) mass is 454 g/mol. The first-order valence-corrected chi connectivity index (χ1v) is 10.8. The van der Waals surface area contributed by atoms with Gasteiger partial charge >= 0.3 is 0 Å². The van der Waals surface area contributed by atoms with Crippen molar-refractivity contribution in [2.24, 2.45) is 0 Å². The topological polar surface area (TPSA) is 44.9 Å². The van der Waals surface area contributed by atoms with Crippen LogP contribution < -0.4 is 0 Å². The fourth-order valence-electron chi connectivity index (χ4n) is 3.69. The van der Waals surface area contributed by atoms with E-state index in [-0.39, 0.29) is 5.69 Å². The number of rotatable bonds is 9. The third-order valence-electron chi connectivity index (χ3n) is 5.42. The summed E-state index contributed by atoms with van der Waals surface area (Å²) in [7, 11) is 0. The maximum atomic E-state index is 14.2. The molecule has 0 amide bonds. The van der Waals surface area contributed by atoms with Crippen LogP contribution in [0.15, 0.2) is 67.0 Å². The molecule has 0 N–H and O–H groups in total. The van der Waals surface area contributed by atoms with E-state index in [1.54, 1.807) is 16.9 Å². The van der Waals surface area contributed by atoms with Gasteiger partial charge in [-0.15, -0.1) is 0 Å². The van der Waals surface area contributed by atoms with Gasteiger partial charge in [-0.1, -0.05) is 30.3 Å². The van der Waals surface area contributed by atoms with E-state index < -0.39 is 18.3 Å². The summed E-state index contributed by atoms with van der Waals surface area (Å²) in [6, 6.07) is 15.2. The summed E-state index contributed by atoms with van der Waals surface area (Å²) in [6.07, 6.45) is 0.719. The van der Waals surface area contributed by atoms with Crippen molar-refractivity contribution in [1.29, 1.82) is 0 Å². The lowest BCUT2D eigenvalue weighted by Gasteiger charge is -2.19. The molecule has 0 aliphatic heterocycles. The lowest BCUT2D eigenvalue weighted by atomic mass is 10.1. The number of aromatic nitrogens is 4. The van der Waals surface area contributed by atoms with Gasteiger partial charge in [-0.3, -0.25) is 4.68 Å². The quantitative estimate of drug-likeness (QED) is 0.310. The molecular formula is C25H25F3N4O. The number of ether oxygens (including phenoxy) is 1. The van der Waals surface area contributed by atoms with Gasteiger partial charge in [0, 0.05) is 30.4 Å². The van der Waals surface area contributed by atoms with E-state index in [4.69, 9.17) is 4.74 Å². The Morgan fingerprint density at radius 2 is 1.82 bits per heavy atom. The van der Waals surface area contributed by atoms with Gasteiger partial charge in [0.2, 0.25) is 0 Å². The van der Waals surface area contributed by atoms with Crippen molar-refractivity contribution in [2.45, 2.75) is 45.9 Å². The summed E-state index contributed by atoms with van der Waals surface area (Å²) in [5.74, 6) is -0.434. The Morgan fingerprint density at radius 3 is 2.52 bits per heavy atom. The van der Waals surface area contributed by atoms with Gasteiger partial charge in [0.25, 0.3) is 6.43 Å². The minimum atomic E-state index is -2.72. The second kappa shape index (κ2) is 10.0. The summed E-state index contributed by atoms with van der Waals surface area (Å²) < 4.78 is 50.5. The fourth-order valence-corrected chi connectivity index (χ4v) is 3.69. The van der Waals surface area contributed by atoms with E-state index >= 15 is 0 Å². The predicted molar refractivity (Wildman–Crippen MR) is 119 cm³/mol. The Hall–Kier alpha value is -3.39. The smallest absolute Gasteiger partial charge is 0.282 e. The third kappa shape index (κ3) is 5.34. The molecule has 33 heavy (non-hydrogen) atoms. The van der Waals surface area contributed by atoms with Crippen molar-refractivity contribution < 1.29 is 17.9 Å². The average Bonchev–Trinajstić information content (AvgIpc) is 3.45. The molecule has 0 unspecified atom stereocenters. The maximum absolute atomic E-state index is 14.2. The van der Waals surface area contributed by atoms with Crippen molar-refractivity contribution in [3.05, 3.63) is 101 Å². The summed E-state index contributed by atoms with van der Waals surface area (Å²) in [4.78, 5) is 0. The first kappa shape index (κ1) is 22.8. The lowest BCUT2D eigenvalue weighted by Crippen LogP contribution is -2.10. The number of nitrogens with zero attached hydrogens (tertiary/aromatic N) is 4. The molecule has 5 nitrogen and oxygen atoms in total. The molecular weight excluding hydrogens is 429 g/mol. The minimum absolute atomic E-state index is 0.332. The fraction of sp³-hybridized carbons (Fsp3) is 0.280. The molecule has 2 aromatic carbocycles. The molecule has 0 radical (unpaired) electrons. The third-order valence-corrected chi connectivity index (χ3v) is 5.42. The first-order chi connectivity index (χ1) is 15.9. The van der Waals surface area contributed by atoms with Crippen LogP contribution in [0.1, 0.15) is 54.5 Å². The molecule has 2 aromatic heterocycles. The second-order valence-electron chi connectivity index (χ2n) is 7.80. The van der Waals surface area contributed by atoms with Gasteiger partial charge in [0.15, 0.2) is 0 Å². The van der Waals surface area contributed by atoms with Crippen LogP contribution >= 0.6 is 0 Å². The van der Waals surface area contributed by atoms with Gasteiger partial charge in [-0.05, 0) is 49.2 Å². The van der Waals surface area contributed by atoms with E-state index in [1.807, 2.05) is 50.4 Å². The van der Waals surface area contributed by atoms with Crippen molar-refractivity contribution in [3.63, 3.8) is 0 Å². The minimum Gasteiger partial charge on any atom is -0.369 e. The van der Waals surface area contributed by atoms with Gasteiger partial charge in [-0.25, -0.2) is 17.9 Å². The van der Waals surface area contributed by atoms with Crippen LogP contribution in [0.4, 0.5) is 13.2 Å². The molecule has 4 aromatic rings. The summed E-state index contributed by atoms with van der Waals surface area (Å²) >= 11 is 0. The van der Waals surface area contributed by atoms with Gasteiger partial charge in [0.05, 0.1) is 24.6 Å². The highest BCUT2D eigenvalue weighted by atomic mass is 19.3. The van der Waals surface area contributed by atoms with Crippen LogP contribution in [-0.4, -0.2) is 19.6 Å². The Balaban J connectivity index is 1.69. The molecule has 172 valence electrons. The highest BCUT2D eigenvalue weighted by molar-refractivity contribution is 5.44. The summed E-state index contributed by atoms with van der Waals surface area (Å²) in [5.41, 5.74) is 3.11. The molecule has 0 saturated heterocycles. The second-order valence-corrected chi connectivity index (χ2v) is 7.80. The van der Waals surface area contributed by atoms with Crippen LogP contribution in [0.5, 0.6) is 0 Å². The number of hydrogen-bond donors (Lipinski definition) is 0. The Morgan fingerprint density at radius 1 is 1.03 bits per heavy atom. The number of aryl methyl sites for hydroxylation is 1. The van der Waals surface area contributed by atoms with E-state index in [0.717, 1.165) is 11.1 Å². The molecule has 0 aliphatic rings. The van der Waals surface area contributed by atoms with Gasteiger partial charge < -0.3 is 4.74 Å². The normalized spacial score (nSPS) is 12.4. The van der Waals surface area contributed by atoms with Crippen molar-refractivity contribution in [3.8, 4) is 5.69 Å². The average molecular weight is 454 g/mol. The van der Waals surface area contributed by atoms with Gasteiger partial charge in [-0.2, -0.15) is 10.2 Å². The van der Waals surface area contributed by atoms with Crippen LogP contribution in [0.2, 0.25) is 0 Å². The Bertz CT molecular complexity index is 1200. The molecule has 0 aliphatic carbocycles. The maximum Gasteiger partial charge on any atom is 0.282 e. The van der Waals surface area contributed by atoms with Crippen molar-refractivity contribution >= 4 is 0 Å². The highest BCUT2D eigenvalue weighted by Gasteiger charge is 2.21. The lowest BCUT2D eigenvalue weighted by molar-refractivity contribution is 0.0522. The molecule has 0 bridgehead atoms. The van der Waals surface area contributed by atoms with Crippen molar-refractivity contribution in [2.75, 3.05) is 0 Å². The van der Waals surface area contributed by atoms with Crippen LogP contribution in [0.3, 0.4) is 0 Å². The van der Waals surface area contributed by atoms with E-state index in [9.17, 15) is 13.2 Å². The zero-order chi connectivity index (χ0) is 23.4. The first-order valence-electron chi connectivity index (χ1n) is 10.8. The highest BCUT2D eigenvalue weighted by Crippen LogP contribution is 2.29. The van der Waals surface area contributed by atoms with Crippen LogP contribution in [0, 0.1) is 5.82 Å².